The SMILES string of the molecule is COc1cccc(CNC(=O)C(=O)NCc2ccc(C(=O)c3ccco3)s2)c1. The zero-order valence-corrected chi connectivity index (χ0v) is 15.9. The molecule has 144 valence electrons. The minimum atomic E-state index is -0.741. The van der Waals surface area contributed by atoms with Gasteiger partial charge >= 0.3 is 11.8 Å². The molecule has 28 heavy (non-hydrogen) atoms. The van der Waals surface area contributed by atoms with Crippen molar-refractivity contribution in [3.8, 4) is 5.75 Å². The number of nitrogens with one attached hydrogen (secondary N) is 2. The molecule has 0 unspecified atom stereocenters. The number of ketones is 1. The fourth-order valence-corrected chi connectivity index (χ4v) is 3.31. The number of amides is 2. The summed E-state index contributed by atoms with van der Waals surface area (Å²) >= 11 is 1.24. The number of carbonyl (C=O) groups excluding carboxylic acids is 3. The fraction of sp³-hybridized carbons (Fsp3) is 0.150. The third-order valence-corrected chi connectivity index (χ3v) is 4.93. The van der Waals surface area contributed by atoms with Crippen LogP contribution in [0.2, 0.25) is 0 Å². The van der Waals surface area contributed by atoms with E-state index in [9.17, 15) is 14.4 Å². The molecule has 3 rings (SSSR count). The monoisotopic (exact) mass is 398 g/mol. The third-order valence-electron chi connectivity index (χ3n) is 3.85. The third kappa shape index (κ3) is 4.86. The average Bonchev–Trinajstić information content (AvgIpc) is 3.42. The van der Waals surface area contributed by atoms with E-state index in [4.69, 9.17) is 9.15 Å². The van der Waals surface area contributed by atoms with Crippen molar-refractivity contribution in [2.24, 2.45) is 0 Å². The summed E-state index contributed by atoms with van der Waals surface area (Å²) in [6, 6.07) is 13.8. The van der Waals surface area contributed by atoms with Crippen LogP contribution in [0, 0.1) is 0 Å². The maximum atomic E-state index is 12.2. The Labute approximate surface area is 165 Å². The topological polar surface area (TPSA) is 97.6 Å². The zero-order valence-electron chi connectivity index (χ0n) is 15.1. The Bertz CT molecular complexity index is 978. The molecule has 0 aliphatic heterocycles. The van der Waals surface area contributed by atoms with E-state index in [1.807, 2.05) is 6.07 Å². The fourth-order valence-electron chi connectivity index (χ4n) is 2.42. The smallest absolute Gasteiger partial charge is 0.309 e. The number of ether oxygens (including phenoxy) is 1. The Morgan fingerprint density at radius 3 is 2.50 bits per heavy atom. The highest BCUT2D eigenvalue weighted by atomic mass is 32.1. The Kier molecular flexibility index (Phi) is 6.23. The van der Waals surface area contributed by atoms with Crippen molar-refractivity contribution in [1.82, 2.24) is 10.6 Å². The highest BCUT2D eigenvalue weighted by Gasteiger charge is 2.16. The summed E-state index contributed by atoms with van der Waals surface area (Å²) in [7, 11) is 1.56. The molecule has 0 saturated carbocycles. The minimum Gasteiger partial charge on any atom is -0.497 e. The van der Waals surface area contributed by atoms with Crippen molar-refractivity contribution in [3.63, 3.8) is 0 Å². The molecule has 2 N–H and O–H groups in total. The predicted octanol–water partition coefficient (Wildman–Crippen LogP) is 2.51. The number of methoxy groups -OCH3 is 1. The summed E-state index contributed by atoms with van der Waals surface area (Å²) in [5.74, 6) is -0.756. The van der Waals surface area contributed by atoms with Crippen LogP contribution in [0.15, 0.2) is 59.2 Å². The Balaban J connectivity index is 1.48. The van der Waals surface area contributed by atoms with Crippen molar-refractivity contribution in [1.29, 1.82) is 0 Å². The highest BCUT2D eigenvalue weighted by molar-refractivity contribution is 7.14. The van der Waals surface area contributed by atoms with Crippen molar-refractivity contribution in [2.75, 3.05) is 7.11 Å². The van der Waals surface area contributed by atoms with Gasteiger partial charge in [-0.2, -0.15) is 0 Å². The summed E-state index contributed by atoms with van der Waals surface area (Å²) in [6.07, 6.45) is 1.44. The van der Waals surface area contributed by atoms with Gasteiger partial charge in [-0.1, -0.05) is 12.1 Å². The van der Waals surface area contributed by atoms with E-state index >= 15 is 0 Å². The molecule has 0 radical (unpaired) electrons. The van der Waals surface area contributed by atoms with Crippen LogP contribution in [0.5, 0.6) is 5.75 Å². The molecule has 0 saturated heterocycles. The molecule has 1 aromatic carbocycles. The molecule has 0 atom stereocenters. The molecule has 7 nitrogen and oxygen atoms in total. The van der Waals surface area contributed by atoms with Crippen molar-refractivity contribution < 1.29 is 23.5 Å². The minimum absolute atomic E-state index is 0.154. The van der Waals surface area contributed by atoms with Crippen LogP contribution < -0.4 is 15.4 Å². The number of benzene rings is 1. The summed E-state index contributed by atoms with van der Waals surface area (Å²) in [4.78, 5) is 37.4. The second kappa shape index (κ2) is 9.01. The first-order valence-electron chi connectivity index (χ1n) is 8.42. The number of carbonyl (C=O) groups is 3. The molecule has 0 spiro atoms. The van der Waals surface area contributed by atoms with E-state index in [0.29, 0.717) is 10.6 Å². The lowest BCUT2D eigenvalue weighted by Gasteiger charge is -2.07. The van der Waals surface area contributed by atoms with Gasteiger partial charge in [-0.3, -0.25) is 14.4 Å². The molecule has 0 aliphatic rings. The van der Waals surface area contributed by atoms with Gasteiger partial charge in [0.15, 0.2) is 5.76 Å². The van der Waals surface area contributed by atoms with Crippen LogP contribution in [0.25, 0.3) is 0 Å². The van der Waals surface area contributed by atoms with E-state index in [2.05, 4.69) is 10.6 Å². The van der Waals surface area contributed by atoms with Crippen LogP contribution in [0.4, 0.5) is 0 Å². The maximum Gasteiger partial charge on any atom is 0.309 e. The number of hydrogen-bond donors (Lipinski definition) is 2. The van der Waals surface area contributed by atoms with Crippen LogP contribution in [-0.4, -0.2) is 24.7 Å². The normalized spacial score (nSPS) is 10.3. The van der Waals surface area contributed by atoms with Gasteiger partial charge in [-0.15, -0.1) is 11.3 Å². The van der Waals surface area contributed by atoms with Gasteiger partial charge in [-0.05, 0) is 42.0 Å². The lowest BCUT2D eigenvalue weighted by Crippen LogP contribution is -2.39. The summed E-state index contributed by atoms with van der Waals surface area (Å²) in [5, 5.41) is 5.10. The number of thiophene rings is 1. The molecule has 2 aromatic heterocycles. The first kappa shape index (κ1) is 19.4. The molecule has 3 aromatic rings. The standard InChI is InChI=1S/C20H18N2O5S/c1-26-14-5-2-4-13(10-14)11-21-19(24)20(25)22-12-15-7-8-17(28-15)18(23)16-6-3-9-27-16/h2-10H,11-12H2,1H3,(H,21,24)(H,22,25). The van der Waals surface area contributed by atoms with E-state index in [0.717, 1.165) is 10.4 Å². The second-order valence-electron chi connectivity index (χ2n) is 5.79. The lowest BCUT2D eigenvalue weighted by atomic mass is 10.2. The van der Waals surface area contributed by atoms with Crippen LogP contribution in [0.3, 0.4) is 0 Å². The van der Waals surface area contributed by atoms with Gasteiger partial charge in [0.1, 0.15) is 5.75 Å². The lowest BCUT2D eigenvalue weighted by molar-refractivity contribution is -0.139. The Morgan fingerprint density at radius 1 is 1.00 bits per heavy atom. The second-order valence-corrected chi connectivity index (χ2v) is 6.96. The molecular formula is C20H18N2O5S. The van der Waals surface area contributed by atoms with Crippen LogP contribution in [-0.2, 0) is 22.7 Å². The molecule has 0 bridgehead atoms. The molecule has 0 aliphatic carbocycles. The quantitative estimate of drug-likeness (QED) is 0.471. The van der Waals surface area contributed by atoms with Crippen molar-refractivity contribution in [2.45, 2.75) is 13.1 Å². The summed E-state index contributed by atoms with van der Waals surface area (Å²) < 4.78 is 10.2. The van der Waals surface area contributed by atoms with Gasteiger partial charge < -0.3 is 19.8 Å². The van der Waals surface area contributed by atoms with E-state index < -0.39 is 11.8 Å². The Morgan fingerprint density at radius 2 is 1.79 bits per heavy atom. The molecule has 8 heteroatoms. The van der Waals surface area contributed by atoms with Crippen molar-refractivity contribution >= 4 is 28.9 Å². The predicted molar refractivity (Wildman–Crippen MR) is 103 cm³/mol. The first-order chi connectivity index (χ1) is 13.6. The largest absolute Gasteiger partial charge is 0.497 e. The van der Waals surface area contributed by atoms with Gasteiger partial charge in [0.05, 0.1) is 24.8 Å². The molecule has 2 heterocycles. The van der Waals surface area contributed by atoms with Gasteiger partial charge in [-0.25, -0.2) is 0 Å². The number of rotatable bonds is 7. The summed E-state index contributed by atoms with van der Waals surface area (Å²) in [6.45, 7) is 0.367. The maximum absolute atomic E-state index is 12.2. The molecule has 2 amide bonds. The van der Waals surface area contributed by atoms with Crippen molar-refractivity contribution in [3.05, 3.63) is 75.9 Å². The van der Waals surface area contributed by atoms with Gasteiger partial charge in [0.25, 0.3) is 0 Å². The molecular weight excluding hydrogens is 380 g/mol. The van der Waals surface area contributed by atoms with E-state index in [-0.39, 0.29) is 24.6 Å². The Hall–Kier alpha value is -3.39. The summed E-state index contributed by atoms with van der Waals surface area (Å²) in [5.41, 5.74) is 0.819. The number of furan rings is 1. The first-order valence-corrected chi connectivity index (χ1v) is 9.24. The number of hydrogen-bond acceptors (Lipinski definition) is 6. The zero-order chi connectivity index (χ0) is 19.9. The highest BCUT2D eigenvalue weighted by Crippen LogP contribution is 2.20. The van der Waals surface area contributed by atoms with E-state index in [1.54, 1.807) is 49.6 Å². The van der Waals surface area contributed by atoms with Crippen LogP contribution >= 0.6 is 11.3 Å². The van der Waals surface area contributed by atoms with Gasteiger partial charge in [0.2, 0.25) is 5.78 Å². The average molecular weight is 398 g/mol. The van der Waals surface area contributed by atoms with E-state index in [1.165, 1.54) is 17.6 Å². The molecule has 0 fully saturated rings. The van der Waals surface area contributed by atoms with Gasteiger partial charge in [0, 0.05) is 11.4 Å². The van der Waals surface area contributed by atoms with Crippen LogP contribution in [0.1, 0.15) is 25.9 Å².